The summed E-state index contributed by atoms with van der Waals surface area (Å²) in [6, 6.07) is 9.51. The van der Waals surface area contributed by atoms with E-state index in [1.807, 2.05) is 6.92 Å². The minimum absolute atomic E-state index is 0.125. The van der Waals surface area contributed by atoms with Gasteiger partial charge in [-0.15, -0.1) is 11.3 Å². The van der Waals surface area contributed by atoms with Crippen LogP contribution in [0.4, 0.5) is 13.2 Å². The van der Waals surface area contributed by atoms with E-state index in [1.54, 1.807) is 25.1 Å². The normalized spacial score (nSPS) is 12.9. The van der Waals surface area contributed by atoms with Crippen LogP contribution < -0.4 is 4.74 Å². The van der Waals surface area contributed by atoms with Crippen LogP contribution in [0, 0.1) is 0 Å². The minimum atomic E-state index is -4.48. The molecule has 200 valence electrons. The fourth-order valence-corrected chi connectivity index (χ4v) is 5.87. The molecule has 7 nitrogen and oxygen atoms in total. The molecule has 1 aromatic heterocycles. The van der Waals surface area contributed by atoms with Crippen molar-refractivity contribution in [2.45, 2.75) is 50.6 Å². The number of ether oxygens (including phenoxy) is 2. The SMILES string of the molecule is CCOC(Cc1ccc(OCc2sc(-c3ccc(C(F)(F)F)cc3)nc2S(C)(=O)=O)cc1CC)C(=O)O. The molecule has 0 saturated carbocycles. The number of hydrogen-bond donors (Lipinski definition) is 1. The number of carbonyl (C=O) groups is 1. The van der Waals surface area contributed by atoms with Gasteiger partial charge in [0.25, 0.3) is 0 Å². The molecule has 1 heterocycles. The molecule has 0 aliphatic rings. The largest absolute Gasteiger partial charge is 0.488 e. The molecule has 3 rings (SSSR count). The standard InChI is InChI=1S/C25H26F3NO6S2/c1-4-15-12-19(11-8-17(15)13-20(24(30)31)34-5-2)35-14-21-23(37(3,32)33)29-22(36-21)16-6-9-18(10-7-16)25(26,27)28/h6-12,20H,4-5,13-14H2,1-3H3,(H,30,31). The van der Waals surface area contributed by atoms with Crippen molar-refractivity contribution in [3.05, 3.63) is 64.0 Å². The van der Waals surface area contributed by atoms with Crippen LogP contribution in [-0.2, 0) is 45.0 Å². The van der Waals surface area contributed by atoms with E-state index in [1.165, 1.54) is 12.1 Å². The Labute approximate surface area is 216 Å². The Morgan fingerprint density at radius 3 is 2.32 bits per heavy atom. The number of rotatable bonds is 11. The van der Waals surface area contributed by atoms with Crippen molar-refractivity contribution < 1.29 is 41.0 Å². The van der Waals surface area contributed by atoms with E-state index in [9.17, 15) is 31.5 Å². The Morgan fingerprint density at radius 2 is 1.78 bits per heavy atom. The lowest BCUT2D eigenvalue weighted by molar-refractivity contribution is -0.150. The lowest BCUT2D eigenvalue weighted by atomic mass is 9.99. The number of carboxylic acid groups (broad SMARTS) is 1. The Hall–Kier alpha value is -2.96. The predicted octanol–water partition coefficient (Wildman–Crippen LogP) is 5.41. The van der Waals surface area contributed by atoms with Crippen LogP contribution >= 0.6 is 11.3 Å². The van der Waals surface area contributed by atoms with Gasteiger partial charge in [-0.25, -0.2) is 18.2 Å². The maximum atomic E-state index is 12.9. The molecule has 37 heavy (non-hydrogen) atoms. The first kappa shape index (κ1) is 28.6. The molecule has 0 fully saturated rings. The highest BCUT2D eigenvalue weighted by molar-refractivity contribution is 7.90. The summed E-state index contributed by atoms with van der Waals surface area (Å²) in [5.74, 6) is -0.598. The van der Waals surface area contributed by atoms with Crippen molar-refractivity contribution in [2.24, 2.45) is 0 Å². The molecule has 0 aliphatic carbocycles. The van der Waals surface area contributed by atoms with Gasteiger partial charge >= 0.3 is 12.1 Å². The third-order valence-corrected chi connectivity index (χ3v) is 7.70. The number of halogens is 3. The summed E-state index contributed by atoms with van der Waals surface area (Å²) in [7, 11) is -3.73. The van der Waals surface area contributed by atoms with E-state index in [4.69, 9.17) is 9.47 Å². The number of benzene rings is 2. The number of aryl methyl sites for hydroxylation is 1. The number of hydrogen-bond acceptors (Lipinski definition) is 7. The van der Waals surface area contributed by atoms with Crippen molar-refractivity contribution in [3.8, 4) is 16.3 Å². The molecule has 0 radical (unpaired) electrons. The maximum Gasteiger partial charge on any atom is 0.416 e. The first-order valence-electron chi connectivity index (χ1n) is 11.3. The molecule has 1 atom stereocenters. The van der Waals surface area contributed by atoms with Gasteiger partial charge in [0.1, 0.15) is 17.4 Å². The highest BCUT2D eigenvalue weighted by Gasteiger charge is 2.30. The number of aliphatic carboxylic acids is 1. The van der Waals surface area contributed by atoms with Crippen LogP contribution in [0.1, 0.15) is 35.4 Å². The summed E-state index contributed by atoms with van der Waals surface area (Å²) in [6.45, 7) is 3.78. The average molecular weight is 558 g/mol. The van der Waals surface area contributed by atoms with Gasteiger partial charge < -0.3 is 14.6 Å². The van der Waals surface area contributed by atoms with Crippen molar-refractivity contribution in [3.63, 3.8) is 0 Å². The fraction of sp³-hybridized carbons (Fsp3) is 0.360. The van der Waals surface area contributed by atoms with Crippen LogP contribution in [-0.4, -0.2) is 43.4 Å². The van der Waals surface area contributed by atoms with Gasteiger partial charge in [0.05, 0.1) is 10.4 Å². The zero-order valence-corrected chi connectivity index (χ0v) is 22.0. The van der Waals surface area contributed by atoms with Crippen LogP contribution in [0.2, 0.25) is 0 Å². The predicted molar refractivity (Wildman–Crippen MR) is 133 cm³/mol. The second-order valence-corrected chi connectivity index (χ2v) is 11.2. The Bertz CT molecular complexity index is 1350. The number of sulfone groups is 1. The van der Waals surface area contributed by atoms with Crippen molar-refractivity contribution in [1.29, 1.82) is 0 Å². The molecular formula is C25H26F3NO6S2. The fourth-order valence-electron chi connectivity index (χ4n) is 3.63. The van der Waals surface area contributed by atoms with Gasteiger partial charge in [0.2, 0.25) is 0 Å². The topological polar surface area (TPSA) is 103 Å². The number of nitrogens with zero attached hydrogens (tertiary/aromatic N) is 1. The molecular weight excluding hydrogens is 531 g/mol. The third kappa shape index (κ3) is 7.30. The molecule has 0 bridgehead atoms. The smallest absolute Gasteiger partial charge is 0.416 e. The van der Waals surface area contributed by atoms with Crippen LogP contribution in [0.3, 0.4) is 0 Å². The van der Waals surface area contributed by atoms with Gasteiger partial charge in [0, 0.05) is 24.8 Å². The molecule has 0 aliphatic heterocycles. The summed E-state index contributed by atoms with van der Waals surface area (Å²) in [5.41, 5.74) is 1.20. The molecule has 1 N–H and O–H groups in total. The molecule has 0 amide bonds. The van der Waals surface area contributed by atoms with Crippen LogP contribution in [0.15, 0.2) is 47.5 Å². The van der Waals surface area contributed by atoms with E-state index >= 15 is 0 Å². The summed E-state index contributed by atoms with van der Waals surface area (Å²) >= 11 is 1.02. The average Bonchev–Trinajstić information content (AvgIpc) is 3.27. The highest BCUT2D eigenvalue weighted by Crippen LogP contribution is 2.34. The number of carboxylic acids is 1. The van der Waals surface area contributed by atoms with Crippen LogP contribution in [0.5, 0.6) is 5.75 Å². The number of aromatic nitrogens is 1. The quantitative estimate of drug-likeness (QED) is 0.337. The molecule has 12 heteroatoms. The second-order valence-electron chi connectivity index (χ2n) is 8.15. The van der Waals surface area contributed by atoms with Gasteiger partial charge in [-0.2, -0.15) is 13.2 Å². The van der Waals surface area contributed by atoms with E-state index in [2.05, 4.69) is 4.98 Å². The molecule has 2 aromatic carbocycles. The second kappa shape index (κ2) is 11.6. The monoisotopic (exact) mass is 557 g/mol. The lowest BCUT2D eigenvalue weighted by Gasteiger charge is -2.16. The highest BCUT2D eigenvalue weighted by atomic mass is 32.2. The molecule has 0 spiro atoms. The van der Waals surface area contributed by atoms with Gasteiger partial charge in [-0.1, -0.05) is 25.1 Å². The Morgan fingerprint density at radius 1 is 1.11 bits per heavy atom. The van der Waals surface area contributed by atoms with E-state index in [0.29, 0.717) is 22.6 Å². The zero-order chi connectivity index (χ0) is 27.4. The summed E-state index contributed by atoms with van der Waals surface area (Å²) in [4.78, 5) is 15.9. The first-order valence-corrected chi connectivity index (χ1v) is 14.0. The summed E-state index contributed by atoms with van der Waals surface area (Å²) < 4.78 is 74.4. The van der Waals surface area contributed by atoms with Gasteiger partial charge in [-0.3, -0.25) is 0 Å². The van der Waals surface area contributed by atoms with Crippen molar-refractivity contribution >= 4 is 27.1 Å². The number of thiazole rings is 1. The summed E-state index contributed by atoms with van der Waals surface area (Å²) in [6.07, 6.45) is -3.65. The maximum absolute atomic E-state index is 12.9. The van der Waals surface area contributed by atoms with Gasteiger partial charge in [-0.05, 0) is 48.7 Å². The van der Waals surface area contributed by atoms with Crippen molar-refractivity contribution in [2.75, 3.05) is 12.9 Å². The van der Waals surface area contributed by atoms with E-state index in [-0.39, 0.29) is 29.7 Å². The third-order valence-electron chi connectivity index (χ3n) is 5.45. The van der Waals surface area contributed by atoms with Gasteiger partial charge in [0.15, 0.2) is 21.0 Å². The summed E-state index contributed by atoms with van der Waals surface area (Å²) in [5, 5.41) is 9.43. The molecule has 3 aromatic rings. The van der Waals surface area contributed by atoms with Crippen LogP contribution in [0.25, 0.3) is 10.6 Å². The molecule has 1 unspecified atom stereocenters. The lowest BCUT2D eigenvalue weighted by Crippen LogP contribution is -2.26. The first-order chi connectivity index (χ1) is 17.3. The van der Waals surface area contributed by atoms with E-state index in [0.717, 1.165) is 40.9 Å². The Balaban J connectivity index is 1.84. The minimum Gasteiger partial charge on any atom is -0.488 e. The Kier molecular flexibility index (Phi) is 8.98. The molecule has 0 saturated heterocycles. The zero-order valence-electron chi connectivity index (χ0n) is 20.3. The van der Waals surface area contributed by atoms with E-state index < -0.39 is 33.7 Å². The van der Waals surface area contributed by atoms with Crippen molar-refractivity contribution in [1.82, 2.24) is 4.98 Å². The number of alkyl halides is 3.